The number of benzene rings is 3. The lowest BCUT2D eigenvalue weighted by Gasteiger charge is -2.21. The van der Waals surface area contributed by atoms with Gasteiger partial charge in [0.2, 0.25) is 0 Å². The molecule has 0 saturated heterocycles. The fourth-order valence-corrected chi connectivity index (χ4v) is 2.85. The summed E-state index contributed by atoms with van der Waals surface area (Å²) in [5.41, 5.74) is 2.35. The van der Waals surface area contributed by atoms with Crippen LogP contribution in [0.25, 0.3) is 0 Å². The van der Waals surface area contributed by atoms with E-state index in [1.165, 1.54) is 18.2 Å². The van der Waals surface area contributed by atoms with Gasteiger partial charge in [0, 0.05) is 29.9 Å². The normalized spacial score (nSPS) is 10.4. The molecule has 28 heavy (non-hydrogen) atoms. The van der Waals surface area contributed by atoms with Crippen LogP contribution in [-0.2, 0) is 6.54 Å². The fraction of sp³-hybridized carbons (Fsp3) is 0.130. The molecule has 0 atom stereocenters. The van der Waals surface area contributed by atoms with Crippen LogP contribution in [0.4, 0.5) is 10.1 Å². The number of halogens is 1. The number of carbonyl (C=O) groups excluding carboxylic acids is 2. The summed E-state index contributed by atoms with van der Waals surface area (Å²) in [5, 5.41) is 2.64. The third-order valence-electron chi connectivity index (χ3n) is 4.36. The van der Waals surface area contributed by atoms with E-state index in [1.54, 1.807) is 35.2 Å². The van der Waals surface area contributed by atoms with Gasteiger partial charge in [-0.15, -0.1) is 0 Å². The summed E-state index contributed by atoms with van der Waals surface area (Å²) in [7, 11) is 0. The minimum atomic E-state index is -0.420. The van der Waals surface area contributed by atoms with E-state index in [0.717, 1.165) is 5.56 Å². The molecule has 0 heterocycles. The second-order valence-electron chi connectivity index (χ2n) is 6.35. The second kappa shape index (κ2) is 8.95. The lowest BCUT2D eigenvalue weighted by molar-refractivity contribution is 0.0752. The molecule has 0 fully saturated rings. The van der Waals surface area contributed by atoms with E-state index in [4.69, 9.17) is 0 Å². The van der Waals surface area contributed by atoms with Crippen molar-refractivity contribution in [3.8, 4) is 0 Å². The van der Waals surface area contributed by atoms with Crippen LogP contribution in [0.15, 0.2) is 78.9 Å². The van der Waals surface area contributed by atoms with E-state index in [9.17, 15) is 14.0 Å². The van der Waals surface area contributed by atoms with Crippen molar-refractivity contribution in [2.24, 2.45) is 0 Å². The van der Waals surface area contributed by atoms with Crippen LogP contribution in [0.2, 0.25) is 0 Å². The third-order valence-corrected chi connectivity index (χ3v) is 4.36. The molecule has 0 unspecified atom stereocenters. The highest BCUT2D eigenvalue weighted by Crippen LogP contribution is 2.14. The Morgan fingerprint density at radius 3 is 2.21 bits per heavy atom. The van der Waals surface area contributed by atoms with Crippen molar-refractivity contribution in [2.75, 3.05) is 11.9 Å². The molecule has 2 amide bonds. The van der Waals surface area contributed by atoms with Gasteiger partial charge in [-0.1, -0.05) is 36.4 Å². The van der Waals surface area contributed by atoms with Crippen molar-refractivity contribution < 1.29 is 14.0 Å². The molecular weight excluding hydrogens is 355 g/mol. The molecule has 3 rings (SSSR count). The first-order chi connectivity index (χ1) is 13.6. The Morgan fingerprint density at radius 1 is 0.893 bits per heavy atom. The van der Waals surface area contributed by atoms with E-state index in [0.29, 0.717) is 29.9 Å². The quantitative estimate of drug-likeness (QED) is 0.675. The molecule has 0 saturated carbocycles. The van der Waals surface area contributed by atoms with Gasteiger partial charge < -0.3 is 10.2 Å². The number of hydrogen-bond acceptors (Lipinski definition) is 2. The van der Waals surface area contributed by atoms with E-state index >= 15 is 0 Å². The first-order valence-corrected chi connectivity index (χ1v) is 9.07. The standard InChI is InChI=1S/C23H21FN2O2/c1-2-26(16-17-7-4-3-5-8-17)23(28)19-13-11-18(12-14-19)22(27)25-21-10-6-9-20(24)15-21/h3-15H,2,16H2,1H3,(H,25,27). The molecule has 0 aliphatic carbocycles. The van der Waals surface area contributed by atoms with Gasteiger partial charge >= 0.3 is 0 Å². The van der Waals surface area contributed by atoms with Gasteiger partial charge in [-0.2, -0.15) is 0 Å². The number of nitrogens with zero attached hydrogens (tertiary/aromatic N) is 1. The predicted molar refractivity (Wildman–Crippen MR) is 108 cm³/mol. The van der Waals surface area contributed by atoms with Gasteiger partial charge in [0.05, 0.1) is 0 Å². The molecule has 5 heteroatoms. The summed E-state index contributed by atoms with van der Waals surface area (Å²) in [5.74, 6) is -0.874. The van der Waals surface area contributed by atoms with Gasteiger partial charge in [0.25, 0.3) is 11.8 Å². The van der Waals surface area contributed by atoms with Crippen LogP contribution in [0, 0.1) is 5.82 Å². The molecular formula is C23H21FN2O2. The largest absolute Gasteiger partial charge is 0.335 e. The van der Waals surface area contributed by atoms with Gasteiger partial charge in [-0.25, -0.2) is 4.39 Å². The van der Waals surface area contributed by atoms with Gasteiger partial charge in [-0.05, 0) is 55.0 Å². The maximum atomic E-state index is 13.2. The Balaban J connectivity index is 1.68. The Bertz CT molecular complexity index is 956. The zero-order valence-electron chi connectivity index (χ0n) is 15.6. The lowest BCUT2D eigenvalue weighted by atomic mass is 10.1. The van der Waals surface area contributed by atoms with Crippen molar-refractivity contribution >= 4 is 17.5 Å². The number of nitrogens with one attached hydrogen (secondary N) is 1. The average Bonchev–Trinajstić information content (AvgIpc) is 2.72. The number of carbonyl (C=O) groups is 2. The Labute approximate surface area is 163 Å². The smallest absolute Gasteiger partial charge is 0.255 e. The van der Waals surface area contributed by atoms with Crippen molar-refractivity contribution in [3.05, 3.63) is 101 Å². The van der Waals surface area contributed by atoms with Crippen LogP contribution in [0.5, 0.6) is 0 Å². The predicted octanol–water partition coefficient (Wildman–Crippen LogP) is 4.74. The summed E-state index contributed by atoms with van der Waals surface area (Å²) in [6.07, 6.45) is 0. The van der Waals surface area contributed by atoms with E-state index in [2.05, 4.69) is 5.32 Å². The third kappa shape index (κ3) is 4.82. The first-order valence-electron chi connectivity index (χ1n) is 9.07. The summed E-state index contributed by atoms with van der Waals surface area (Å²) >= 11 is 0. The van der Waals surface area contributed by atoms with E-state index in [-0.39, 0.29) is 11.8 Å². The van der Waals surface area contributed by atoms with E-state index < -0.39 is 5.82 Å². The van der Waals surface area contributed by atoms with Crippen molar-refractivity contribution in [1.82, 2.24) is 4.90 Å². The van der Waals surface area contributed by atoms with Crippen LogP contribution in [-0.4, -0.2) is 23.3 Å². The van der Waals surface area contributed by atoms with Gasteiger partial charge in [0.15, 0.2) is 0 Å². The maximum absolute atomic E-state index is 13.2. The van der Waals surface area contributed by atoms with Crippen LogP contribution >= 0.6 is 0 Å². The minimum absolute atomic E-state index is 0.0940. The number of hydrogen-bond donors (Lipinski definition) is 1. The van der Waals surface area contributed by atoms with Crippen LogP contribution in [0.3, 0.4) is 0 Å². The molecule has 0 bridgehead atoms. The second-order valence-corrected chi connectivity index (χ2v) is 6.35. The molecule has 3 aromatic rings. The molecule has 0 aliphatic rings. The van der Waals surface area contributed by atoms with Crippen molar-refractivity contribution in [1.29, 1.82) is 0 Å². The highest BCUT2D eigenvalue weighted by molar-refractivity contribution is 6.05. The molecule has 0 spiro atoms. The molecule has 1 N–H and O–H groups in total. The van der Waals surface area contributed by atoms with Crippen molar-refractivity contribution in [2.45, 2.75) is 13.5 Å². The Hall–Kier alpha value is -3.47. The monoisotopic (exact) mass is 376 g/mol. The summed E-state index contributed by atoms with van der Waals surface area (Å²) in [6.45, 7) is 3.04. The molecule has 4 nitrogen and oxygen atoms in total. The average molecular weight is 376 g/mol. The Kier molecular flexibility index (Phi) is 6.17. The zero-order chi connectivity index (χ0) is 19.9. The summed E-state index contributed by atoms with van der Waals surface area (Å²) in [4.78, 5) is 26.8. The molecule has 3 aromatic carbocycles. The minimum Gasteiger partial charge on any atom is -0.335 e. The highest BCUT2D eigenvalue weighted by atomic mass is 19.1. The molecule has 0 aliphatic heterocycles. The topological polar surface area (TPSA) is 49.4 Å². The van der Waals surface area contributed by atoms with Crippen molar-refractivity contribution in [3.63, 3.8) is 0 Å². The SMILES string of the molecule is CCN(Cc1ccccc1)C(=O)c1ccc(C(=O)Nc2cccc(F)c2)cc1. The maximum Gasteiger partial charge on any atom is 0.255 e. The Morgan fingerprint density at radius 2 is 1.57 bits per heavy atom. The summed E-state index contributed by atoms with van der Waals surface area (Å²) in [6, 6.07) is 22.0. The number of rotatable bonds is 6. The van der Waals surface area contributed by atoms with Crippen LogP contribution in [0.1, 0.15) is 33.2 Å². The molecule has 142 valence electrons. The molecule has 0 aromatic heterocycles. The first kappa shape index (κ1) is 19.3. The molecule has 0 radical (unpaired) electrons. The number of anilines is 1. The number of amides is 2. The fourth-order valence-electron chi connectivity index (χ4n) is 2.85. The summed E-state index contributed by atoms with van der Waals surface area (Å²) < 4.78 is 13.2. The lowest BCUT2D eigenvalue weighted by Crippen LogP contribution is -2.30. The van der Waals surface area contributed by atoms with E-state index in [1.807, 2.05) is 37.3 Å². The highest BCUT2D eigenvalue weighted by Gasteiger charge is 2.15. The van der Waals surface area contributed by atoms with Gasteiger partial charge in [-0.3, -0.25) is 9.59 Å². The zero-order valence-corrected chi connectivity index (χ0v) is 15.6. The van der Waals surface area contributed by atoms with Crippen LogP contribution < -0.4 is 5.32 Å². The van der Waals surface area contributed by atoms with Gasteiger partial charge in [0.1, 0.15) is 5.82 Å².